The van der Waals surface area contributed by atoms with Crippen molar-refractivity contribution in [2.75, 3.05) is 13.7 Å². The zero-order chi connectivity index (χ0) is 31.2. The maximum absolute atomic E-state index is 12.6. The molecule has 1 aromatic rings. The molecular formula is C37H54O7. The lowest BCUT2D eigenvalue weighted by Crippen LogP contribution is -2.63. The predicted octanol–water partition coefficient (Wildman–Crippen LogP) is 7.40. The second-order valence-electron chi connectivity index (χ2n) is 11.9. The van der Waals surface area contributed by atoms with Crippen molar-refractivity contribution < 1.29 is 33.6 Å². The first-order valence-corrected chi connectivity index (χ1v) is 17.0. The largest absolute Gasteiger partial charge is 0.454 e. The minimum absolute atomic E-state index is 0.238. The van der Waals surface area contributed by atoms with Gasteiger partial charge < -0.3 is 28.8 Å². The summed E-state index contributed by atoms with van der Waals surface area (Å²) < 4.78 is 28.8. The summed E-state index contributed by atoms with van der Waals surface area (Å²) in [6, 6.07) is 9.53. The SMILES string of the molecule is CCCCCCCCCCC#CC#CCCCCCCCCC(=O)O[C@H]1[C@@H](OC)O[C@@H]2COC(c3ccccc3)O[C@H]2[C@@H]1O. The summed E-state index contributed by atoms with van der Waals surface area (Å²) >= 11 is 0. The molecule has 7 nitrogen and oxygen atoms in total. The van der Waals surface area contributed by atoms with Crippen LogP contribution in [0.2, 0.25) is 0 Å². The van der Waals surface area contributed by atoms with Gasteiger partial charge in [0.25, 0.3) is 0 Å². The Bertz CT molecular complexity index is 1040. The van der Waals surface area contributed by atoms with E-state index in [9.17, 15) is 9.90 Å². The Balaban J connectivity index is 1.21. The molecule has 1 unspecified atom stereocenters. The summed E-state index contributed by atoms with van der Waals surface area (Å²) in [7, 11) is 1.47. The standard InChI is InChI=1S/C37H54O7/c1-3-4-5-6-7-8-9-10-11-12-13-14-15-16-17-18-19-20-21-25-28-32(38)43-35-33(39)34-31(42-37(35)40-2)29-41-36(44-34)30-26-23-22-24-27-30/h22-24,26-27,31,33-37,39H,3-11,16-21,25,28-29H2,1-2H3/t31-,33+,34-,35-,36?,37+/m1/s1. The molecule has 2 heterocycles. The van der Waals surface area contributed by atoms with Crippen LogP contribution in [0.15, 0.2) is 30.3 Å². The van der Waals surface area contributed by atoms with Gasteiger partial charge in [0.1, 0.15) is 18.3 Å². The highest BCUT2D eigenvalue weighted by atomic mass is 16.8. The number of rotatable bonds is 19. The number of carbonyl (C=O) groups excluding carboxylic acids is 1. The van der Waals surface area contributed by atoms with Crippen LogP contribution < -0.4 is 0 Å². The van der Waals surface area contributed by atoms with E-state index in [2.05, 4.69) is 30.6 Å². The van der Waals surface area contributed by atoms with Gasteiger partial charge in [-0.05, 0) is 31.1 Å². The van der Waals surface area contributed by atoms with Crippen molar-refractivity contribution in [1.82, 2.24) is 0 Å². The summed E-state index contributed by atoms with van der Waals surface area (Å²) in [5.41, 5.74) is 0.849. The molecule has 3 rings (SSSR count). The van der Waals surface area contributed by atoms with E-state index in [1.165, 1.54) is 58.5 Å². The quantitative estimate of drug-likeness (QED) is 0.0993. The Labute approximate surface area is 265 Å². The Kier molecular flexibility index (Phi) is 18.2. The second kappa shape index (κ2) is 22.2. The number of unbranched alkanes of at least 4 members (excludes halogenated alkanes) is 14. The second-order valence-corrected chi connectivity index (χ2v) is 11.9. The van der Waals surface area contributed by atoms with Gasteiger partial charge in [-0.2, -0.15) is 0 Å². The number of aliphatic hydroxyl groups is 1. The van der Waals surface area contributed by atoms with Gasteiger partial charge >= 0.3 is 5.97 Å². The molecule has 2 fully saturated rings. The van der Waals surface area contributed by atoms with Crippen molar-refractivity contribution in [2.24, 2.45) is 0 Å². The van der Waals surface area contributed by atoms with E-state index < -0.39 is 37.0 Å². The molecule has 1 aromatic carbocycles. The van der Waals surface area contributed by atoms with Gasteiger partial charge in [-0.1, -0.05) is 120 Å². The van der Waals surface area contributed by atoms with E-state index in [0.717, 1.165) is 56.9 Å². The molecule has 7 heteroatoms. The van der Waals surface area contributed by atoms with E-state index in [0.29, 0.717) is 0 Å². The highest BCUT2D eigenvalue weighted by Gasteiger charge is 2.51. The van der Waals surface area contributed by atoms with E-state index >= 15 is 0 Å². The number of ether oxygens (including phenoxy) is 5. The molecule has 6 atom stereocenters. The van der Waals surface area contributed by atoms with Crippen LogP contribution in [0.4, 0.5) is 0 Å². The van der Waals surface area contributed by atoms with Crippen LogP contribution in [-0.4, -0.2) is 55.5 Å². The van der Waals surface area contributed by atoms with Crippen LogP contribution in [0, 0.1) is 23.7 Å². The first kappa shape index (κ1) is 36.1. The van der Waals surface area contributed by atoms with E-state index in [1.54, 1.807) is 0 Å². The number of methoxy groups -OCH3 is 1. The maximum atomic E-state index is 12.6. The molecule has 0 radical (unpaired) electrons. The third kappa shape index (κ3) is 13.3. The fraction of sp³-hybridized carbons (Fsp3) is 0.703. The number of hydrogen-bond donors (Lipinski definition) is 1. The van der Waals surface area contributed by atoms with Crippen molar-refractivity contribution in [3.05, 3.63) is 35.9 Å². The molecule has 2 saturated heterocycles. The topological polar surface area (TPSA) is 83.5 Å². The predicted molar refractivity (Wildman–Crippen MR) is 171 cm³/mol. The van der Waals surface area contributed by atoms with Gasteiger partial charge in [0.05, 0.1) is 6.61 Å². The lowest BCUT2D eigenvalue weighted by molar-refractivity contribution is -0.358. The number of esters is 1. The average Bonchev–Trinajstić information content (AvgIpc) is 3.05. The fourth-order valence-corrected chi connectivity index (χ4v) is 5.62. The molecule has 244 valence electrons. The number of hydrogen-bond acceptors (Lipinski definition) is 7. The van der Waals surface area contributed by atoms with Gasteiger partial charge in [-0.15, -0.1) is 0 Å². The summed E-state index contributed by atoms with van der Waals surface area (Å²) in [6.07, 6.45) is 14.0. The molecule has 44 heavy (non-hydrogen) atoms. The van der Waals surface area contributed by atoms with Gasteiger partial charge in [0, 0.05) is 31.9 Å². The lowest BCUT2D eigenvalue weighted by Gasteiger charge is -2.46. The van der Waals surface area contributed by atoms with E-state index in [4.69, 9.17) is 23.7 Å². The number of benzene rings is 1. The van der Waals surface area contributed by atoms with Crippen LogP contribution in [0.5, 0.6) is 0 Å². The van der Waals surface area contributed by atoms with Gasteiger partial charge in [0.15, 0.2) is 18.7 Å². The molecule has 0 aromatic heterocycles. The van der Waals surface area contributed by atoms with Crippen LogP contribution in [0.25, 0.3) is 0 Å². The molecule has 0 saturated carbocycles. The highest BCUT2D eigenvalue weighted by molar-refractivity contribution is 5.69. The van der Waals surface area contributed by atoms with Crippen LogP contribution in [0.1, 0.15) is 128 Å². The molecule has 2 aliphatic rings. The molecule has 0 bridgehead atoms. The maximum Gasteiger partial charge on any atom is 0.306 e. The summed E-state index contributed by atoms with van der Waals surface area (Å²) in [6.45, 7) is 2.49. The van der Waals surface area contributed by atoms with Crippen LogP contribution >= 0.6 is 0 Å². The molecule has 0 spiro atoms. The number of fused-ring (bicyclic) bond motifs is 1. The monoisotopic (exact) mass is 610 g/mol. The van der Waals surface area contributed by atoms with Crippen molar-refractivity contribution >= 4 is 5.97 Å². The zero-order valence-electron chi connectivity index (χ0n) is 27.0. The van der Waals surface area contributed by atoms with Crippen molar-refractivity contribution in [2.45, 2.75) is 153 Å². The zero-order valence-corrected chi connectivity index (χ0v) is 27.0. The van der Waals surface area contributed by atoms with Gasteiger partial charge in [-0.3, -0.25) is 4.79 Å². The summed E-state index contributed by atoms with van der Waals surface area (Å²) in [5.74, 6) is 12.0. The molecule has 0 aliphatic carbocycles. The minimum Gasteiger partial charge on any atom is -0.454 e. The minimum atomic E-state index is -1.10. The Hall–Kier alpha value is -2.39. The van der Waals surface area contributed by atoms with E-state index in [-0.39, 0.29) is 19.0 Å². The molecule has 2 aliphatic heterocycles. The van der Waals surface area contributed by atoms with E-state index in [1.807, 2.05) is 30.3 Å². The van der Waals surface area contributed by atoms with Crippen molar-refractivity contribution in [1.29, 1.82) is 0 Å². The van der Waals surface area contributed by atoms with Crippen LogP contribution in [-0.2, 0) is 28.5 Å². The summed E-state index contributed by atoms with van der Waals surface area (Å²) in [5, 5.41) is 11.1. The highest BCUT2D eigenvalue weighted by Crippen LogP contribution is 2.35. The lowest BCUT2D eigenvalue weighted by atomic mass is 9.97. The first-order valence-electron chi connectivity index (χ1n) is 17.0. The van der Waals surface area contributed by atoms with Crippen molar-refractivity contribution in [3.8, 4) is 23.7 Å². The number of aliphatic hydroxyl groups excluding tert-OH is 1. The Morgan fingerprint density at radius 3 is 2.05 bits per heavy atom. The Morgan fingerprint density at radius 2 is 1.43 bits per heavy atom. The van der Waals surface area contributed by atoms with Crippen LogP contribution in [0.3, 0.4) is 0 Å². The molecule has 0 amide bonds. The average molecular weight is 611 g/mol. The number of carbonyl (C=O) groups is 1. The third-order valence-electron chi connectivity index (χ3n) is 8.21. The van der Waals surface area contributed by atoms with Crippen molar-refractivity contribution in [3.63, 3.8) is 0 Å². The Morgan fingerprint density at radius 1 is 0.841 bits per heavy atom. The normalized spacial score (nSPS) is 24.3. The van der Waals surface area contributed by atoms with Gasteiger partial charge in [-0.25, -0.2) is 0 Å². The molecular weight excluding hydrogens is 556 g/mol. The molecule has 1 N–H and O–H groups in total. The third-order valence-corrected chi connectivity index (χ3v) is 8.21. The van der Waals surface area contributed by atoms with Gasteiger partial charge in [0.2, 0.25) is 0 Å². The smallest absolute Gasteiger partial charge is 0.306 e. The summed E-state index contributed by atoms with van der Waals surface area (Å²) in [4.78, 5) is 12.6. The fourth-order valence-electron chi connectivity index (χ4n) is 5.62. The first-order chi connectivity index (χ1) is 21.6.